The molecule has 1 amide bonds. The Kier molecular flexibility index (Phi) is 6.23. The summed E-state index contributed by atoms with van der Waals surface area (Å²) in [6.07, 6.45) is 3.59. The van der Waals surface area contributed by atoms with Crippen LogP contribution in [0.3, 0.4) is 0 Å². The van der Waals surface area contributed by atoms with Crippen LogP contribution in [0.1, 0.15) is 35.2 Å². The molecule has 0 atom stereocenters. The highest BCUT2D eigenvalue weighted by molar-refractivity contribution is 5.96. The first-order valence-electron chi connectivity index (χ1n) is 9.44. The number of nitrogens with zero attached hydrogens (tertiary/aromatic N) is 2. The van der Waals surface area contributed by atoms with Gasteiger partial charge in [-0.2, -0.15) is 0 Å². The van der Waals surface area contributed by atoms with Gasteiger partial charge in [0.1, 0.15) is 5.82 Å². The van der Waals surface area contributed by atoms with Crippen molar-refractivity contribution in [3.8, 4) is 11.3 Å². The molecule has 1 aromatic carbocycles. The second-order valence-electron chi connectivity index (χ2n) is 6.85. The lowest BCUT2D eigenvalue weighted by Gasteiger charge is -2.14. The van der Waals surface area contributed by atoms with Crippen LogP contribution in [0.2, 0.25) is 0 Å². The molecule has 0 aliphatic carbocycles. The highest BCUT2D eigenvalue weighted by Gasteiger charge is 2.13. The van der Waals surface area contributed by atoms with Gasteiger partial charge in [0.15, 0.2) is 0 Å². The van der Waals surface area contributed by atoms with Gasteiger partial charge in [0, 0.05) is 24.7 Å². The van der Waals surface area contributed by atoms with Crippen molar-refractivity contribution >= 4 is 11.7 Å². The molecule has 1 aliphatic heterocycles. The summed E-state index contributed by atoms with van der Waals surface area (Å²) in [7, 11) is 1.82. The molecule has 26 heavy (non-hydrogen) atoms. The summed E-state index contributed by atoms with van der Waals surface area (Å²) < 4.78 is 0. The zero-order valence-corrected chi connectivity index (χ0v) is 15.7. The van der Waals surface area contributed by atoms with Gasteiger partial charge in [-0.05, 0) is 63.5 Å². The smallest absolute Gasteiger partial charge is 0.251 e. The molecule has 0 radical (unpaired) electrons. The van der Waals surface area contributed by atoms with E-state index in [0.29, 0.717) is 17.9 Å². The molecule has 5 heteroatoms. The van der Waals surface area contributed by atoms with Gasteiger partial charge in [-0.15, -0.1) is 0 Å². The molecular weight excluding hydrogens is 324 g/mol. The number of aryl methyl sites for hydroxylation is 1. The minimum atomic E-state index is -0.0415. The largest absolute Gasteiger partial charge is 0.373 e. The maximum atomic E-state index is 12.6. The lowest BCUT2D eigenvalue weighted by molar-refractivity contribution is 0.0952. The lowest BCUT2D eigenvalue weighted by Crippen LogP contribution is -2.28. The fourth-order valence-corrected chi connectivity index (χ4v) is 3.40. The average Bonchev–Trinajstić information content (AvgIpc) is 3.18. The normalized spacial score (nSPS) is 14.4. The number of aromatic nitrogens is 1. The number of likely N-dealkylation sites (tertiary alicyclic amines) is 1. The summed E-state index contributed by atoms with van der Waals surface area (Å²) >= 11 is 0. The summed E-state index contributed by atoms with van der Waals surface area (Å²) in [6, 6.07) is 11.8. The van der Waals surface area contributed by atoms with E-state index in [1.54, 1.807) is 6.07 Å². The zero-order chi connectivity index (χ0) is 18.4. The van der Waals surface area contributed by atoms with Crippen LogP contribution in [-0.4, -0.2) is 49.0 Å². The fraction of sp³-hybridized carbons (Fsp3) is 0.429. The van der Waals surface area contributed by atoms with Gasteiger partial charge in [-0.25, -0.2) is 4.98 Å². The number of carbonyl (C=O) groups is 1. The Bertz CT molecular complexity index is 753. The molecule has 1 aromatic heterocycles. The van der Waals surface area contributed by atoms with Crippen LogP contribution in [0, 0.1) is 6.92 Å². The van der Waals surface area contributed by atoms with Crippen molar-refractivity contribution in [3.63, 3.8) is 0 Å². The molecule has 1 aliphatic rings. The van der Waals surface area contributed by atoms with Crippen molar-refractivity contribution < 1.29 is 4.79 Å². The van der Waals surface area contributed by atoms with E-state index in [0.717, 1.165) is 29.8 Å². The van der Waals surface area contributed by atoms with Crippen LogP contribution in [0.4, 0.5) is 5.82 Å². The molecule has 5 nitrogen and oxygen atoms in total. The molecule has 0 unspecified atom stereocenters. The summed E-state index contributed by atoms with van der Waals surface area (Å²) in [5, 5.41) is 6.10. The fourth-order valence-electron chi connectivity index (χ4n) is 3.40. The van der Waals surface area contributed by atoms with Crippen molar-refractivity contribution in [1.82, 2.24) is 15.2 Å². The van der Waals surface area contributed by atoms with Gasteiger partial charge in [0.05, 0.1) is 5.69 Å². The number of nitrogens with one attached hydrogen (secondary N) is 2. The molecule has 138 valence electrons. The highest BCUT2D eigenvalue weighted by Crippen LogP contribution is 2.24. The van der Waals surface area contributed by atoms with Gasteiger partial charge in [0.2, 0.25) is 0 Å². The third-order valence-electron chi connectivity index (χ3n) is 4.90. The molecule has 1 fully saturated rings. The van der Waals surface area contributed by atoms with Crippen LogP contribution in [0.5, 0.6) is 0 Å². The van der Waals surface area contributed by atoms with Crippen molar-refractivity contribution in [1.29, 1.82) is 0 Å². The monoisotopic (exact) mass is 352 g/mol. The molecule has 2 aromatic rings. The number of hydrogen-bond donors (Lipinski definition) is 2. The quantitative estimate of drug-likeness (QED) is 0.751. The van der Waals surface area contributed by atoms with Gasteiger partial charge < -0.3 is 15.5 Å². The van der Waals surface area contributed by atoms with Crippen molar-refractivity contribution in [2.45, 2.75) is 26.2 Å². The Morgan fingerprint density at radius 1 is 1.19 bits per heavy atom. The molecule has 1 saturated heterocycles. The van der Waals surface area contributed by atoms with E-state index in [4.69, 9.17) is 0 Å². The first kappa shape index (κ1) is 18.4. The minimum Gasteiger partial charge on any atom is -0.373 e. The summed E-state index contributed by atoms with van der Waals surface area (Å²) in [4.78, 5) is 19.7. The number of amides is 1. The lowest BCUT2D eigenvalue weighted by atomic mass is 10.0. The Morgan fingerprint density at radius 3 is 2.69 bits per heavy atom. The Hall–Kier alpha value is -2.40. The molecule has 0 spiro atoms. The van der Waals surface area contributed by atoms with Gasteiger partial charge in [-0.3, -0.25) is 4.79 Å². The van der Waals surface area contributed by atoms with Crippen molar-refractivity contribution in [2.75, 3.05) is 38.5 Å². The first-order valence-corrected chi connectivity index (χ1v) is 9.44. The Morgan fingerprint density at radius 2 is 1.96 bits per heavy atom. The van der Waals surface area contributed by atoms with Crippen LogP contribution in [0.25, 0.3) is 11.3 Å². The Labute approximate surface area is 155 Å². The maximum Gasteiger partial charge on any atom is 0.251 e. The SMILES string of the molecule is CNc1cc(C(=O)NCCCN2CCCC2)cc(-c2ccccc2C)n1. The second-order valence-corrected chi connectivity index (χ2v) is 6.85. The van der Waals surface area contributed by atoms with Gasteiger partial charge >= 0.3 is 0 Å². The topological polar surface area (TPSA) is 57.3 Å². The third-order valence-corrected chi connectivity index (χ3v) is 4.90. The van der Waals surface area contributed by atoms with Crippen LogP contribution < -0.4 is 10.6 Å². The zero-order valence-electron chi connectivity index (χ0n) is 15.7. The van der Waals surface area contributed by atoms with E-state index in [2.05, 4.69) is 33.5 Å². The van der Waals surface area contributed by atoms with Crippen LogP contribution in [0.15, 0.2) is 36.4 Å². The molecule has 2 N–H and O–H groups in total. The van der Waals surface area contributed by atoms with Crippen LogP contribution >= 0.6 is 0 Å². The molecular formula is C21H28N4O. The number of pyridine rings is 1. The van der Waals surface area contributed by atoms with E-state index in [1.165, 1.54) is 25.9 Å². The third kappa shape index (κ3) is 4.61. The standard InChI is InChI=1S/C21H28N4O/c1-16-8-3-4-9-18(16)19-14-17(15-20(22-2)24-19)21(26)23-10-7-13-25-11-5-6-12-25/h3-4,8-9,14-15H,5-7,10-13H2,1-2H3,(H,22,24)(H,23,26). The average molecular weight is 352 g/mol. The van der Waals surface area contributed by atoms with E-state index in [-0.39, 0.29) is 5.91 Å². The first-order chi connectivity index (χ1) is 12.7. The van der Waals surface area contributed by atoms with Gasteiger partial charge in [-0.1, -0.05) is 24.3 Å². The molecule has 2 heterocycles. The summed E-state index contributed by atoms with van der Waals surface area (Å²) in [6.45, 7) is 6.22. The Balaban J connectivity index is 1.67. The minimum absolute atomic E-state index is 0.0415. The predicted octanol–water partition coefficient (Wildman–Crippen LogP) is 3.31. The van der Waals surface area contributed by atoms with E-state index in [9.17, 15) is 4.79 Å². The summed E-state index contributed by atoms with van der Waals surface area (Å²) in [5.41, 5.74) is 3.65. The highest BCUT2D eigenvalue weighted by atomic mass is 16.1. The molecule has 0 bridgehead atoms. The van der Waals surface area contributed by atoms with Crippen LogP contribution in [-0.2, 0) is 0 Å². The van der Waals surface area contributed by atoms with E-state index < -0.39 is 0 Å². The number of anilines is 1. The maximum absolute atomic E-state index is 12.6. The number of carbonyl (C=O) groups excluding carboxylic acids is 1. The summed E-state index contributed by atoms with van der Waals surface area (Å²) in [5.74, 6) is 0.660. The predicted molar refractivity (Wildman–Crippen MR) is 107 cm³/mol. The number of rotatable bonds is 7. The molecule has 0 saturated carbocycles. The second kappa shape index (κ2) is 8.81. The van der Waals surface area contributed by atoms with Gasteiger partial charge in [0.25, 0.3) is 5.91 Å². The van der Waals surface area contributed by atoms with E-state index in [1.807, 2.05) is 31.3 Å². The molecule has 3 rings (SSSR count). The van der Waals surface area contributed by atoms with Crippen molar-refractivity contribution in [3.05, 3.63) is 47.5 Å². The van der Waals surface area contributed by atoms with E-state index >= 15 is 0 Å². The van der Waals surface area contributed by atoms with Crippen molar-refractivity contribution in [2.24, 2.45) is 0 Å². The number of hydrogen-bond acceptors (Lipinski definition) is 4. The number of benzene rings is 1.